The Kier molecular flexibility index (Phi) is 4.48. The molecule has 8 nitrogen and oxygen atoms in total. The van der Waals surface area contributed by atoms with Crippen molar-refractivity contribution >= 4 is 39.0 Å². The predicted octanol–water partition coefficient (Wildman–Crippen LogP) is 4.75. The van der Waals surface area contributed by atoms with Crippen molar-refractivity contribution < 1.29 is 0 Å². The van der Waals surface area contributed by atoms with Gasteiger partial charge < -0.3 is 15.6 Å². The molecule has 0 spiro atoms. The molecule has 0 aliphatic carbocycles. The highest BCUT2D eigenvalue weighted by molar-refractivity contribution is 7.15. The molecule has 172 valence electrons. The molecule has 1 aliphatic rings. The van der Waals surface area contributed by atoms with Gasteiger partial charge in [0.05, 0.1) is 35.5 Å². The summed E-state index contributed by atoms with van der Waals surface area (Å²) >= 11 is 1.81. The van der Waals surface area contributed by atoms with Gasteiger partial charge in [0, 0.05) is 50.7 Å². The molecule has 0 atom stereocenters. The van der Waals surface area contributed by atoms with E-state index in [0.29, 0.717) is 0 Å². The van der Waals surface area contributed by atoms with Crippen molar-refractivity contribution in [1.29, 1.82) is 0 Å². The molecule has 4 N–H and O–H groups in total. The lowest BCUT2D eigenvalue weighted by Gasteiger charge is -2.37. The number of pyridine rings is 1. The van der Waals surface area contributed by atoms with Crippen LogP contribution in [0.2, 0.25) is 0 Å². The summed E-state index contributed by atoms with van der Waals surface area (Å²) in [5, 5.41) is 9.91. The van der Waals surface area contributed by atoms with Crippen molar-refractivity contribution in [2.24, 2.45) is 5.73 Å². The molecule has 9 heteroatoms. The van der Waals surface area contributed by atoms with Crippen LogP contribution in [-0.4, -0.2) is 49.3 Å². The van der Waals surface area contributed by atoms with Gasteiger partial charge in [-0.3, -0.25) is 15.1 Å². The van der Waals surface area contributed by atoms with Crippen molar-refractivity contribution in [3.63, 3.8) is 0 Å². The first-order valence-corrected chi connectivity index (χ1v) is 12.3. The molecule has 6 heterocycles. The molecule has 0 unspecified atom stereocenters. The zero-order valence-corrected chi connectivity index (χ0v) is 19.8. The van der Waals surface area contributed by atoms with Crippen molar-refractivity contribution in [3.05, 3.63) is 65.9 Å². The summed E-state index contributed by atoms with van der Waals surface area (Å²) in [6, 6.07) is 15.1. The van der Waals surface area contributed by atoms with E-state index >= 15 is 0 Å². The standard InChI is InChI=1S/C26H22N8S/c1-14-5-6-24(35-14)16-3-2-4-19-17(16)7-21(30-19)26-18-8-20(29-10-22(18)32-33-26)23-9-28-11-25(31-23)34-12-15(27)13-34/h2-11,15,30H,12-13,27H2,1H3,(H,32,33). The number of rotatable bonds is 4. The average molecular weight is 479 g/mol. The first-order chi connectivity index (χ1) is 17.1. The maximum atomic E-state index is 5.93. The minimum Gasteiger partial charge on any atom is -0.353 e. The Hall–Kier alpha value is -4.08. The average Bonchev–Trinajstić information content (AvgIpc) is 3.59. The summed E-state index contributed by atoms with van der Waals surface area (Å²) in [5.41, 5.74) is 12.4. The van der Waals surface area contributed by atoms with Gasteiger partial charge in [0.1, 0.15) is 17.2 Å². The molecule has 7 rings (SSSR count). The number of fused-ring (bicyclic) bond motifs is 2. The van der Waals surface area contributed by atoms with Crippen LogP contribution in [0.4, 0.5) is 5.82 Å². The van der Waals surface area contributed by atoms with Gasteiger partial charge in [0.25, 0.3) is 0 Å². The molecule has 0 radical (unpaired) electrons. The monoisotopic (exact) mass is 478 g/mol. The second-order valence-electron chi connectivity index (χ2n) is 8.98. The molecule has 0 bridgehead atoms. The number of benzene rings is 1. The number of anilines is 1. The van der Waals surface area contributed by atoms with E-state index in [-0.39, 0.29) is 6.04 Å². The summed E-state index contributed by atoms with van der Waals surface area (Å²) in [5.74, 6) is 0.825. The summed E-state index contributed by atoms with van der Waals surface area (Å²) < 4.78 is 0. The van der Waals surface area contributed by atoms with Crippen molar-refractivity contribution in [1.82, 2.24) is 30.1 Å². The van der Waals surface area contributed by atoms with Crippen LogP contribution in [0.1, 0.15) is 4.88 Å². The first kappa shape index (κ1) is 20.3. The minimum atomic E-state index is 0.198. The topological polar surface area (TPSA) is 112 Å². The molecule has 5 aromatic heterocycles. The Balaban J connectivity index is 1.31. The molecule has 0 amide bonds. The second kappa shape index (κ2) is 7.72. The van der Waals surface area contributed by atoms with Crippen LogP contribution in [-0.2, 0) is 0 Å². The van der Waals surface area contributed by atoms with Crippen LogP contribution < -0.4 is 10.6 Å². The predicted molar refractivity (Wildman–Crippen MR) is 140 cm³/mol. The van der Waals surface area contributed by atoms with Gasteiger partial charge in [0.15, 0.2) is 0 Å². The number of hydrogen-bond acceptors (Lipinski definition) is 7. The molecular weight excluding hydrogens is 456 g/mol. The zero-order valence-electron chi connectivity index (χ0n) is 19.0. The van der Waals surface area contributed by atoms with Crippen molar-refractivity contribution in [2.45, 2.75) is 13.0 Å². The SMILES string of the molecule is Cc1ccc(-c2cccc3[nH]c(-c4n[nH]c5cnc(-c6cncc(N7CC(N)C7)n6)cc45)cc23)s1. The number of thiophene rings is 1. The fourth-order valence-corrected chi connectivity index (χ4v) is 5.58. The Morgan fingerprint density at radius 1 is 1.00 bits per heavy atom. The fourth-order valence-electron chi connectivity index (χ4n) is 4.67. The van der Waals surface area contributed by atoms with E-state index in [4.69, 9.17) is 10.7 Å². The maximum Gasteiger partial charge on any atom is 0.147 e. The smallest absolute Gasteiger partial charge is 0.147 e. The van der Waals surface area contributed by atoms with E-state index in [0.717, 1.165) is 58.1 Å². The third-order valence-electron chi connectivity index (χ3n) is 6.49. The van der Waals surface area contributed by atoms with Gasteiger partial charge >= 0.3 is 0 Å². The number of hydrogen-bond donors (Lipinski definition) is 3. The zero-order chi connectivity index (χ0) is 23.5. The molecule has 0 saturated carbocycles. The van der Waals surface area contributed by atoms with Crippen molar-refractivity contribution in [2.75, 3.05) is 18.0 Å². The van der Waals surface area contributed by atoms with E-state index in [1.165, 1.54) is 20.7 Å². The van der Waals surface area contributed by atoms with E-state index in [2.05, 4.69) is 73.4 Å². The third kappa shape index (κ3) is 3.39. The number of aryl methyl sites for hydroxylation is 1. The molecule has 6 aromatic rings. The van der Waals surface area contributed by atoms with Gasteiger partial charge in [-0.2, -0.15) is 5.10 Å². The van der Waals surface area contributed by atoms with Gasteiger partial charge in [-0.25, -0.2) is 4.98 Å². The minimum absolute atomic E-state index is 0.198. The number of aromatic nitrogens is 6. The summed E-state index contributed by atoms with van der Waals surface area (Å²) in [6.45, 7) is 3.73. The lowest BCUT2D eigenvalue weighted by molar-refractivity contribution is 0.514. The van der Waals surface area contributed by atoms with Gasteiger partial charge in [-0.15, -0.1) is 11.3 Å². The molecule has 1 saturated heterocycles. The van der Waals surface area contributed by atoms with E-state index in [9.17, 15) is 0 Å². The highest BCUT2D eigenvalue weighted by atomic mass is 32.1. The normalized spacial score (nSPS) is 14.2. The number of nitrogens with zero attached hydrogens (tertiary/aromatic N) is 5. The summed E-state index contributed by atoms with van der Waals surface area (Å²) in [6.07, 6.45) is 5.32. The first-order valence-electron chi connectivity index (χ1n) is 11.5. The Morgan fingerprint density at radius 3 is 2.74 bits per heavy atom. The highest BCUT2D eigenvalue weighted by Crippen LogP contribution is 2.37. The maximum absolute atomic E-state index is 5.93. The number of nitrogens with one attached hydrogen (secondary N) is 2. The number of H-pyrrole nitrogens is 2. The number of nitrogens with two attached hydrogens (primary N) is 1. The van der Waals surface area contributed by atoms with Crippen molar-refractivity contribution in [3.8, 4) is 33.2 Å². The lowest BCUT2D eigenvalue weighted by Crippen LogP contribution is -2.56. The molecule has 1 aromatic carbocycles. The molecule has 1 aliphatic heterocycles. The molecule has 35 heavy (non-hydrogen) atoms. The van der Waals surface area contributed by atoms with Gasteiger partial charge in [-0.05, 0) is 37.3 Å². The van der Waals surface area contributed by atoms with E-state index < -0.39 is 0 Å². The van der Waals surface area contributed by atoms with Crippen LogP contribution in [0.5, 0.6) is 0 Å². The fraction of sp³-hybridized carbons (Fsp3) is 0.154. The van der Waals surface area contributed by atoms with Gasteiger partial charge in [-0.1, -0.05) is 12.1 Å². The van der Waals surface area contributed by atoms with E-state index in [1.54, 1.807) is 29.9 Å². The molecular formula is C26H22N8S. The third-order valence-corrected chi connectivity index (χ3v) is 7.52. The number of aromatic amines is 2. The lowest BCUT2D eigenvalue weighted by atomic mass is 10.1. The molecule has 1 fully saturated rings. The Bertz CT molecular complexity index is 1710. The van der Waals surface area contributed by atoms with Gasteiger partial charge in [0.2, 0.25) is 0 Å². The largest absolute Gasteiger partial charge is 0.353 e. The van der Waals surface area contributed by atoms with Crippen LogP contribution in [0, 0.1) is 6.92 Å². The second-order valence-corrected chi connectivity index (χ2v) is 10.3. The van der Waals surface area contributed by atoms with Crippen LogP contribution >= 0.6 is 11.3 Å². The quantitative estimate of drug-likeness (QED) is 0.337. The van der Waals surface area contributed by atoms with Crippen LogP contribution in [0.3, 0.4) is 0 Å². The highest BCUT2D eigenvalue weighted by Gasteiger charge is 2.25. The van der Waals surface area contributed by atoms with E-state index in [1.807, 2.05) is 6.07 Å². The summed E-state index contributed by atoms with van der Waals surface area (Å²) in [4.78, 5) is 22.0. The van der Waals surface area contributed by atoms with Crippen LogP contribution in [0.15, 0.2) is 61.1 Å². The van der Waals surface area contributed by atoms with Crippen LogP contribution in [0.25, 0.3) is 55.0 Å². The Labute approximate surface area is 204 Å². The Morgan fingerprint density at radius 2 is 1.91 bits per heavy atom. The summed E-state index contributed by atoms with van der Waals surface area (Å²) in [7, 11) is 0.